The molecule has 20 heavy (non-hydrogen) atoms. The zero-order valence-electron chi connectivity index (χ0n) is 13.4. The largest absolute Gasteiger partial charge is 0.373 e. The first-order valence-electron chi connectivity index (χ1n) is 7.83. The number of rotatable bonds is 4. The Hall–Kier alpha value is -1.32. The van der Waals surface area contributed by atoms with E-state index in [1.807, 2.05) is 7.05 Å². The second kappa shape index (κ2) is 6.42. The fraction of sp³-hybridized carbons (Fsp3) is 0.750. The maximum Gasteiger partial charge on any atom is 0.135 e. The van der Waals surface area contributed by atoms with Gasteiger partial charge in [-0.25, -0.2) is 9.97 Å². The average Bonchev–Trinajstić information content (AvgIpc) is 2.43. The van der Waals surface area contributed by atoms with Gasteiger partial charge in [-0.1, -0.05) is 40.5 Å². The molecule has 1 saturated carbocycles. The predicted molar refractivity (Wildman–Crippen MR) is 85.3 cm³/mol. The molecule has 1 heterocycles. The van der Waals surface area contributed by atoms with Crippen LogP contribution in [0.4, 0.5) is 11.6 Å². The topological polar surface area (TPSA) is 49.8 Å². The second-order valence-electron chi connectivity index (χ2n) is 6.41. The molecule has 2 N–H and O–H groups in total. The molecule has 0 aliphatic heterocycles. The molecule has 0 aromatic carbocycles. The Kier molecular flexibility index (Phi) is 4.84. The highest BCUT2D eigenvalue weighted by molar-refractivity contribution is 5.59. The molecule has 0 radical (unpaired) electrons. The molecule has 1 aliphatic carbocycles. The van der Waals surface area contributed by atoms with Gasteiger partial charge in [0.2, 0.25) is 0 Å². The number of hydrogen-bond donors (Lipinski definition) is 2. The second-order valence-corrected chi connectivity index (χ2v) is 6.41. The van der Waals surface area contributed by atoms with Crippen LogP contribution in [0.15, 0.2) is 6.33 Å². The van der Waals surface area contributed by atoms with E-state index in [-0.39, 0.29) is 0 Å². The maximum atomic E-state index is 4.50. The number of hydrogen-bond acceptors (Lipinski definition) is 4. The fourth-order valence-corrected chi connectivity index (χ4v) is 3.22. The quantitative estimate of drug-likeness (QED) is 0.876. The fourth-order valence-electron chi connectivity index (χ4n) is 3.22. The summed E-state index contributed by atoms with van der Waals surface area (Å²) in [6.45, 7) is 9.10. The molecule has 2 rings (SSSR count). The molecule has 4 heteroatoms. The van der Waals surface area contributed by atoms with Crippen molar-refractivity contribution in [1.29, 1.82) is 0 Å². The van der Waals surface area contributed by atoms with Crippen LogP contribution in [0.1, 0.15) is 58.4 Å². The van der Waals surface area contributed by atoms with Crippen LogP contribution < -0.4 is 10.6 Å². The lowest BCUT2D eigenvalue weighted by atomic mass is 9.78. The SMILES string of the molecule is CNc1ncnc(NC2CCCC(C)C2C)c1C(C)C. The summed E-state index contributed by atoms with van der Waals surface area (Å²) < 4.78 is 0. The molecule has 1 aromatic rings. The third-order valence-electron chi connectivity index (χ3n) is 4.73. The van der Waals surface area contributed by atoms with E-state index in [0.29, 0.717) is 17.9 Å². The van der Waals surface area contributed by atoms with Gasteiger partial charge in [0.25, 0.3) is 0 Å². The lowest BCUT2D eigenvalue weighted by Crippen LogP contribution is -2.35. The third-order valence-corrected chi connectivity index (χ3v) is 4.73. The van der Waals surface area contributed by atoms with Crippen molar-refractivity contribution in [3.05, 3.63) is 11.9 Å². The smallest absolute Gasteiger partial charge is 0.135 e. The van der Waals surface area contributed by atoms with Crippen molar-refractivity contribution in [2.75, 3.05) is 17.7 Å². The zero-order chi connectivity index (χ0) is 14.7. The van der Waals surface area contributed by atoms with Crippen LogP contribution in [-0.2, 0) is 0 Å². The van der Waals surface area contributed by atoms with Gasteiger partial charge in [0, 0.05) is 18.7 Å². The molecule has 112 valence electrons. The highest BCUT2D eigenvalue weighted by Gasteiger charge is 2.28. The molecule has 0 bridgehead atoms. The minimum atomic E-state index is 0.400. The van der Waals surface area contributed by atoms with Gasteiger partial charge >= 0.3 is 0 Å². The molecule has 4 nitrogen and oxygen atoms in total. The minimum absolute atomic E-state index is 0.400. The Bertz CT molecular complexity index is 444. The molecular formula is C16H28N4. The summed E-state index contributed by atoms with van der Waals surface area (Å²) in [5.74, 6) is 3.82. The monoisotopic (exact) mass is 276 g/mol. The zero-order valence-corrected chi connectivity index (χ0v) is 13.4. The van der Waals surface area contributed by atoms with Crippen molar-refractivity contribution >= 4 is 11.6 Å². The van der Waals surface area contributed by atoms with Gasteiger partial charge in [0.05, 0.1) is 0 Å². The van der Waals surface area contributed by atoms with Crippen LogP contribution in [0.2, 0.25) is 0 Å². The number of nitrogens with one attached hydrogen (secondary N) is 2. The van der Waals surface area contributed by atoms with Crippen molar-refractivity contribution in [3.8, 4) is 0 Å². The minimum Gasteiger partial charge on any atom is -0.373 e. The first-order valence-corrected chi connectivity index (χ1v) is 7.83. The van der Waals surface area contributed by atoms with E-state index in [9.17, 15) is 0 Å². The molecule has 0 amide bonds. The van der Waals surface area contributed by atoms with Gasteiger partial charge in [0.1, 0.15) is 18.0 Å². The van der Waals surface area contributed by atoms with E-state index in [2.05, 4.69) is 48.3 Å². The molecule has 3 unspecified atom stereocenters. The number of aromatic nitrogens is 2. The van der Waals surface area contributed by atoms with Gasteiger partial charge in [-0.2, -0.15) is 0 Å². The van der Waals surface area contributed by atoms with E-state index in [1.165, 1.54) is 24.8 Å². The molecule has 3 atom stereocenters. The van der Waals surface area contributed by atoms with Crippen LogP contribution in [-0.4, -0.2) is 23.1 Å². The first-order chi connectivity index (χ1) is 9.54. The molecule has 0 saturated heterocycles. The van der Waals surface area contributed by atoms with Gasteiger partial charge in [-0.05, 0) is 24.2 Å². The van der Waals surface area contributed by atoms with E-state index >= 15 is 0 Å². The summed E-state index contributed by atoms with van der Waals surface area (Å²) in [4.78, 5) is 8.84. The Labute approximate surface area is 122 Å². The van der Waals surface area contributed by atoms with Crippen LogP contribution in [0.25, 0.3) is 0 Å². The van der Waals surface area contributed by atoms with Gasteiger partial charge in [0.15, 0.2) is 0 Å². The van der Waals surface area contributed by atoms with Crippen molar-refractivity contribution in [1.82, 2.24) is 9.97 Å². The van der Waals surface area contributed by atoms with E-state index in [1.54, 1.807) is 6.33 Å². The van der Waals surface area contributed by atoms with Crippen LogP contribution in [0.5, 0.6) is 0 Å². The standard InChI is InChI=1S/C16H28N4/c1-10(2)14-15(17-5)18-9-19-16(14)20-13-8-6-7-11(3)12(13)4/h9-13H,6-8H2,1-5H3,(H2,17,18,19,20). The Morgan fingerprint density at radius 3 is 2.50 bits per heavy atom. The molecule has 1 aromatic heterocycles. The van der Waals surface area contributed by atoms with Crippen LogP contribution in [0, 0.1) is 11.8 Å². The number of anilines is 2. The summed E-state index contributed by atoms with van der Waals surface area (Å²) in [6, 6.07) is 0.524. The summed E-state index contributed by atoms with van der Waals surface area (Å²) in [6.07, 6.45) is 5.55. The Morgan fingerprint density at radius 1 is 1.15 bits per heavy atom. The highest BCUT2D eigenvalue weighted by atomic mass is 15.1. The summed E-state index contributed by atoms with van der Waals surface area (Å²) in [7, 11) is 1.92. The highest BCUT2D eigenvalue weighted by Crippen LogP contribution is 2.34. The van der Waals surface area contributed by atoms with Crippen LogP contribution >= 0.6 is 0 Å². The summed E-state index contributed by atoms with van der Waals surface area (Å²) in [5.41, 5.74) is 1.19. The van der Waals surface area contributed by atoms with Crippen molar-refractivity contribution < 1.29 is 0 Å². The summed E-state index contributed by atoms with van der Waals surface area (Å²) in [5, 5.41) is 6.88. The molecule has 1 aliphatic rings. The lowest BCUT2D eigenvalue weighted by Gasteiger charge is -2.35. The van der Waals surface area contributed by atoms with E-state index in [4.69, 9.17) is 0 Å². The first kappa shape index (κ1) is 15.1. The third kappa shape index (κ3) is 3.05. The van der Waals surface area contributed by atoms with E-state index in [0.717, 1.165) is 17.6 Å². The lowest BCUT2D eigenvalue weighted by molar-refractivity contribution is 0.252. The van der Waals surface area contributed by atoms with Gasteiger partial charge in [-0.15, -0.1) is 0 Å². The van der Waals surface area contributed by atoms with Crippen molar-refractivity contribution in [2.45, 2.75) is 58.9 Å². The molecule has 1 fully saturated rings. The molecular weight excluding hydrogens is 248 g/mol. The van der Waals surface area contributed by atoms with E-state index < -0.39 is 0 Å². The van der Waals surface area contributed by atoms with Gasteiger partial charge < -0.3 is 10.6 Å². The maximum absolute atomic E-state index is 4.50. The Morgan fingerprint density at radius 2 is 1.85 bits per heavy atom. The van der Waals surface area contributed by atoms with Crippen molar-refractivity contribution in [2.24, 2.45) is 11.8 Å². The predicted octanol–water partition coefficient (Wildman–Crippen LogP) is 3.88. The average molecular weight is 276 g/mol. The van der Waals surface area contributed by atoms with Gasteiger partial charge in [-0.3, -0.25) is 0 Å². The Balaban J connectivity index is 2.24. The van der Waals surface area contributed by atoms with Crippen LogP contribution in [0.3, 0.4) is 0 Å². The van der Waals surface area contributed by atoms with Crippen molar-refractivity contribution in [3.63, 3.8) is 0 Å². The molecule has 0 spiro atoms. The normalized spacial score (nSPS) is 26.6. The summed E-state index contributed by atoms with van der Waals surface area (Å²) >= 11 is 0. The number of nitrogens with zero attached hydrogens (tertiary/aromatic N) is 2.